The average Bonchev–Trinajstić information content (AvgIpc) is 2.43. The van der Waals surface area contributed by atoms with E-state index in [9.17, 15) is 0 Å². The van der Waals surface area contributed by atoms with Gasteiger partial charge in [-0.2, -0.15) is 0 Å². The molecule has 5 nitrogen and oxygen atoms in total. The van der Waals surface area contributed by atoms with Gasteiger partial charge < -0.3 is 9.47 Å². The molecule has 21 heavy (non-hydrogen) atoms. The summed E-state index contributed by atoms with van der Waals surface area (Å²) in [6.45, 7) is 8.26. The smallest absolute Gasteiger partial charge is 0.189 e. The normalized spacial score (nSPS) is 11.0. The van der Waals surface area contributed by atoms with Gasteiger partial charge in [0.05, 0.1) is 6.54 Å². The summed E-state index contributed by atoms with van der Waals surface area (Å²) in [7, 11) is -1.06. The average molecular weight is 372 g/mol. The van der Waals surface area contributed by atoms with Crippen molar-refractivity contribution in [1.29, 1.82) is 0 Å². The van der Waals surface area contributed by atoms with E-state index in [-0.39, 0.29) is 6.79 Å². The maximum atomic E-state index is 8.37. The topological polar surface area (TPSA) is 67.2 Å². The molecule has 0 heterocycles. The van der Waals surface area contributed by atoms with Crippen LogP contribution in [0.4, 0.5) is 0 Å². The van der Waals surface area contributed by atoms with E-state index in [1.165, 1.54) is 0 Å². The minimum absolute atomic E-state index is 0.245. The first kappa shape index (κ1) is 18.0. The number of hydrogen-bond acceptors (Lipinski definition) is 3. The molecule has 0 amide bonds. The summed E-state index contributed by atoms with van der Waals surface area (Å²) in [4.78, 5) is 2.77. The fourth-order valence-electron chi connectivity index (χ4n) is 1.60. The van der Waals surface area contributed by atoms with Gasteiger partial charge in [0.15, 0.2) is 6.79 Å². The van der Waals surface area contributed by atoms with Crippen molar-refractivity contribution in [2.45, 2.75) is 37.6 Å². The molecule has 0 saturated heterocycles. The second-order valence-corrected chi connectivity index (χ2v) is 12.1. The largest absolute Gasteiger partial charge is 0.467 e. The van der Waals surface area contributed by atoms with Crippen LogP contribution in [0.3, 0.4) is 0 Å². The fourth-order valence-corrected chi connectivity index (χ4v) is 2.82. The van der Waals surface area contributed by atoms with Gasteiger partial charge in [-0.05, 0) is 23.2 Å². The van der Waals surface area contributed by atoms with Crippen LogP contribution in [-0.2, 0) is 16.6 Å². The van der Waals surface area contributed by atoms with Crippen LogP contribution < -0.4 is 4.74 Å². The van der Waals surface area contributed by atoms with Gasteiger partial charge in [-0.3, -0.25) is 0 Å². The van der Waals surface area contributed by atoms with E-state index in [1.807, 2.05) is 18.2 Å². The van der Waals surface area contributed by atoms with Crippen molar-refractivity contribution in [3.05, 3.63) is 39.8 Å². The summed E-state index contributed by atoms with van der Waals surface area (Å²) in [6, 6.07) is 6.92. The summed E-state index contributed by atoms with van der Waals surface area (Å²) in [5.41, 5.74) is 10.3. The summed E-state index contributed by atoms with van der Waals surface area (Å²) < 4.78 is 11.2. The van der Waals surface area contributed by atoms with Crippen LogP contribution in [0, 0.1) is 0 Å². The molecule has 0 saturated carbocycles. The quantitative estimate of drug-likeness (QED) is 0.115. The Morgan fingerprint density at radius 1 is 1.33 bits per heavy atom. The predicted molar refractivity (Wildman–Crippen MR) is 91.5 cm³/mol. The maximum absolute atomic E-state index is 8.37. The van der Waals surface area contributed by atoms with Gasteiger partial charge >= 0.3 is 0 Å². The fraction of sp³-hybridized carbons (Fsp3) is 0.571. The number of nitrogens with zero attached hydrogens (tertiary/aromatic N) is 3. The monoisotopic (exact) mass is 371 g/mol. The third-order valence-electron chi connectivity index (χ3n) is 2.89. The Hall–Kier alpha value is -1.01. The van der Waals surface area contributed by atoms with Crippen LogP contribution in [0.25, 0.3) is 10.4 Å². The lowest BCUT2D eigenvalue weighted by Gasteiger charge is -2.16. The zero-order chi connectivity index (χ0) is 15.7. The van der Waals surface area contributed by atoms with Gasteiger partial charge in [0, 0.05) is 30.5 Å². The van der Waals surface area contributed by atoms with Gasteiger partial charge in [0.25, 0.3) is 0 Å². The Morgan fingerprint density at radius 3 is 2.71 bits per heavy atom. The summed E-state index contributed by atoms with van der Waals surface area (Å²) in [5.74, 6) is 0.769. The molecule has 0 aliphatic rings. The molecule has 7 heteroatoms. The van der Waals surface area contributed by atoms with Gasteiger partial charge in [0.2, 0.25) is 0 Å². The number of hydrogen-bond donors (Lipinski definition) is 0. The summed E-state index contributed by atoms with van der Waals surface area (Å²) in [6.07, 6.45) is 0. The maximum Gasteiger partial charge on any atom is 0.189 e. The highest BCUT2D eigenvalue weighted by molar-refractivity contribution is 9.08. The molecule has 1 rings (SSSR count). The Morgan fingerprint density at radius 2 is 2.10 bits per heavy atom. The molecule has 0 radical (unpaired) electrons. The van der Waals surface area contributed by atoms with E-state index < -0.39 is 8.07 Å². The lowest BCUT2D eigenvalue weighted by Crippen LogP contribution is -2.22. The van der Waals surface area contributed by atoms with E-state index in [1.54, 1.807) is 0 Å². The summed E-state index contributed by atoms with van der Waals surface area (Å²) in [5, 5.41) is 4.27. The standard InChI is InChI=1S/C14H22BrN3O2Si/c1-21(2,3)7-6-19-11-20-14-8-12(10-17-18-16)4-5-13(14)9-15/h4-5,8H,6-7,9-11H2,1-3H3. The predicted octanol–water partition coefficient (Wildman–Crippen LogP) is 5.08. The SMILES string of the molecule is C[Si](C)(C)CCOCOc1cc(CN=[N+]=[N-])ccc1CBr. The van der Waals surface area contributed by atoms with Gasteiger partial charge in [-0.25, -0.2) is 0 Å². The second kappa shape index (κ2) is 9.10. The zero-order valence-electron chi connectivity index (χ0n) is 12.8. The minimum atomic E-state index is -1.06. The van der Waals surface area contributed by atoms with Crippen LogP contribution in [0.5, 0.6) is 5.75 Å². The Balaban J connectivity index is 2.53. The molecule has 116 valence electrons. The highest BCUT2D eigenvalue weighted by atomic mass is 79.9. The number of alkyl halides is 1. The molecular weight excluding hydrogens is 350 g/mol. The van der Waals surface area contributed by atoms with E-state index >= 15 is 0 Å². The lowest BCUT2D eigenvalue weighted by atomic mass is 10.1. The molecule has 0 bridgehead atoms. The van der Waals surface area contributed by atoms with Crippen molar-refractivity contribution < 1.29 is 9.47 Å². The molecule has 0 aliphatic carbocycles. The molecule has 0 fully saturated rings. The van der Waals surface area contributed by atoms with Crippen molar-refractivity contribution in [2.75, 3.05) is 13.4 Å². The van der Waals surface area contributed by atoms with Crippen molar-refractivity contribution in [2.24, 2.45) is 5.11 Å². The number of halogens is 1. The van der Waals surface area contributed by atoms with Crippen LogP contribution in [-0.4, -0.2) is 21.5 Å². The second-order valence-electron chi connectivity index (χ2n) is 5.95. The number of rotatable bonds is 9. The van der Waals surface area contributed by atoms with Crippen molar-refractivity contribution in [3.8, 4) is 5.75 Å². The number of azide groups is 1. The van der Waals surface area contributed by atoms with Gasteiger partial charge in [-0.15, -0.1) is 0 Å². The van der Waals surface area contributed by atoms with Crippen molar-refractivity contribution in [1.82, 2.24) is 0 Å². The first-order chi connectivity index (χ1) is 9.96. The molecular formula is C14H22BrN3O2Si. The highest BCUT2D eigenvalue weighted by Gasteiger charge is 2.12. The third kappa shape index (κ3) is 7.52. The molecule has 1 aromatic rings. The summed E-state index contributed by atoms with van der Waals surface area (Å²) >= 11 is 3.44. The molecule has 0 aromatic heterocycles. The molecule has 0 spiro atoms. The highest BCUT2D eigenvalue weighted by Crippen LogP contribution is 2.23. The Kier molecular flexibility index (Phi) is 7.81. The molecule has 0 N–H and O–H groups in total. The van der Waals surface area contributed by atoms with Crippen LogP contribution in [0.15, 0.2) is 23.3 Å². The minimum Gasteiger partial charge on any atom is -0.467 e. The Bertz CT molecular complexity index is 499. The zero-order valence-corrected chi connectivity index (χ0v) is 15.4. The number of benzene rings is 1. The first-order valence-electron chi connectivity index (χ1n) is 6.85. The van der Waals surface area contributed by atoms with E-state index in [0.717, 1.165) is 29.5 Å². The van der Waals surface area contributed by atoms with E-state index in [4.69, 9.17) is 15.0 Å². The van der Waals surface area contributed by atoms with Gasteiger partial charge in [0.1, 0.15) is 5.75 Å². The molecule has 0 aliphatic heterocycles. The van der Waals surface area contributed by atoms with Crippen molar-refractivity contribution >= 4 is 24.0 Å². The molecule has 0 unspecified atom stereocenters. The van der Waals surface area contributed by atoms with Crippen LogP contribution in [0.2, 0.25) is 25.7 Å². The lowest BCUT2D eigenvalue weighted by molar-refractivity contribution is 0.0216. The van der Waals surface area contributed by atoms with Crippen LogP contribution >= 0.6 is 15.9 Å². The number of ether oxygens (including phenoxy) is 2. The molecule has 1 aromatic carbocycles. The molecule has 0 atom stereocenters. The van der Waals surface area contributed by atoms with Crippen molar-refractivity contribution in [3.63, 3.8) is 0 Å². The first-order valence-corrected chi connectivity index (χ1v) is 11.7. The third-order valence-corrected chi connectivity index (χ3v) is 5.19. The van der Waals surface area contributed by atoms with Gasteiger partial charge in [-0.1, -0.05) is 52.8 Å². The van der Waals surface area contributed by atoms with E-state index in [2.05, 4.69) is 45.6 Å². The van der Waals surface area contributed by atoms with E-state index in [0.29, 0.717) is 11.9 Å². The Labute approximate surface area is 135 Å². The van der Waals surface area contributed by atoms with Crippen LogP contribution in [0.1, 0.15) is 11.1 Å².